The van der Waals surface area contributed by atoms with Gasteiger partial charge in [-0.25, -0.2) is 4.79 Å². The van der Waals surface area contributed by atoms with Crippen LogP contribution in [0.5, 0.6) is 0 Å². The van der Waals surface area contributed by atoms with Gasteiger partial charge in [0, 0.05) is 25.7 Å². The maximum atomic E-state index is 11.5. The van der Waals surface area contributed by atoms with Gasteiger partial charge in [0.2, 0.25) is 0 Å². The molecule has 1 saturated heterocycles. The summed E-state index contributed by atoms with van der Waals surface area (Å²) < 4.78 is 20.1. The van der Waals surface area contributed by atoms with Gasteiger partial charge in [-0.1, -0.05) is 13.8 Å². The van der Waals surface area contributed by atoms with Gasteiger partial charge < -0.3 is 18.9 Å². The third-order valence-corrected chi connectivity index (χ3v) is 2.47. The highest BCUT2D eigenvalue weighted by molar-refractivity contribution is 5.66. The van der Waals surface area contributed by atoms with E-state index in [4.69, 9.17) is 18.9 Å². The Morgan fingerprint density at radius 2 is 1.78 bits per heavy atom. The molecule has 1 aliphatic heterocycles. The van der Waals surface area contributed by atoms with Crippen LogP contribution < -0.4 is 0 Å². The van der Waals surface area contributed by atoms with Crippen LogP contribution in [0.25, 0.3) is 0 Å². The van der Waals surface area contributed by atoms with Gasteiger partial charge in [-0.2, -0.15) is 0 Å². The second kappa shape index (κ2) is 7.20. The standard InChI is InChI=1S/C12H20O6/c1-8(2)11(16-9(3)13)18-12(14)17-10-4-6-15-7-5-10/h8,10-11H,4-7H2,1-3H3/t11-/m0/s1. The van der Waals surface area contributed by atoms with E-state index in [2.05, 4.69) is 0 Å². The highest BCUT2D eigenvalue weighted by atomic mass is 16.8. The first-order valence-electron chi connectivity index (χ1n) is 6.11. The first-order chi connectivity index (χ1) is 8.49. The molecular weight excluding hydrogens is 240 g/mol. The molecule has 0 aromatic rings. The van der Waals surface area contributed by atoms with E-state index in [1.54, 1.807) is 13.8 Å². The molecular formula is C12H20O6. The Hall–Kier alpha value is -1.30. The van der Waals surface area contributed by atoms with Crippen molar-refractivity contribution in [3.8, 4) is 0 Å². The minimum atomic E-state index is -0.908. The molecule has 0 aromatic heterocycles. The van der Waals surface area contributed by atoms with Gasteiger partial charge in [-0.15, -0.1) is 0 Å². The minimum absolute atomic E-state index is 0.129. The zero-order chi connectivity index (χ0) is 13.5. The third-order valence-electron chi connectivity index (χ3n) is 2.47. The monoisotopic (exact) mass is 260 g/mol. The normalized spacial score (nSPS) is 18.2. The average molecular weight is 260 g/mol. The topological polar surface area (TPSA) is 71.1 Å². The molecule has 1 rings (SSSR count). The zero-order valence-electron chi connectivity index (χ0n) is 11.0. The van der Waals surface area contributed by atoms with Gasteiger partial charge in [0.1, 0.15) is 6.10 Å². The Labute approximate surface area is 107 Å². The second-order valence-electron chi connectivity index (χ2n) is 4.52. The van der Waals surface area contributed by atoms with E-state index >= 15 is 0 Å². The zero-order valence-corrected chi connectivity index (χ0v) is 11.0. The van der Waals surface area contributed by atoms with Gasteiger partial charge in [-0.05, 0) is 0 Å². The Kier molecular flexibility index (Phi) is 5.91. The van der Waals surface area contributed by atoms with Crippen LogP contribution >= 0.6 is 0 Å². The molecule has 1 fully saturated rings. The van der Waals surface area contributed by atoms with Crippen LogP contribution in [0, 0.1) is 5.92 Å². The van der Waals surface area contributed by atoms with E-state index in [1.165, 1.54) is 6.92 Å². The van der Waals surface area contributed by atoms with Gasteiger partial charge in [0.15, 0.2) is 0 Å². The summed E-state index contributed by atoms with van der Waals surface area (Å²) in [6, 6.07) is 0. The van der Waals surface area contributed by atoms with Crippen LogP contribution in [0.3, 0.4) is 0 Å². The lowest BCUT2D eigenvalue weighted by molar-refractivity contribution is -0.178. The summed E-state index contributed by atoms with van der Waals surface area (Å²) >= 11 is 0. The minimum Gasteiger partial charge on any atom is -0.431 e. The van der Waals surface area contributed by atoms with Crippen LogP contribution in [-0.2, 0) is 23.7 Å². The fourth-order valence-corrected chi connectivity index (χ4v) is 1.51. The predicted octanol–water partition coefficient (Wildman–Crippen LogP) is 1.86. The maximum absolute atomic E-state index is 11.5. The lowest BCUT2D eigenvalue weighted by atomic mass is 10.2. The average Bonchev–Trinajstić information content (AvgIpc) is 2.28. The Bertz CT molecular complexity index is 282. The second-order valence-corrected chi connectivity index (χ2v) is 4.52. The molecule has 18 heavy (non-hydrogen) atoms. The molecule has 0 radical (unpaired) electrons. The molecule has 0 aliphatic carbocycles. The fourth-order valence-electron chi connectivity index (χ4n) is 1.51. The van der Waals surface area contributed by atoms with Crippen LogP contribution in [0.1, 0.15) is 33.6 Å². The number of carbonyl (C=O) groups is 2. The summed E-state index contributed by atoms with van der Waals surface area (Å²) in [5, 5.41) is 0. The van der Waals surface area contributed by atoms with Crippen molar-refractivity contribution in [2.45, 2.75) is 46.0 Å². The number of hydrogen-bond acceptors (Lipinski definition) is 6. The van der Waals surface area contributed by atoms with E-state index in [9.17, 15) is 9.59 Å². The van der Waals surface area contributed by atoms with E-state index in [1.807, 2.05) is 0 Å². The molecule has 104 valence electrons. The Morgan fingerprint density at radius 3 is 2.28 bits per heavy atom. The summed E-state index contributed by atoms with van der Waals surface area (Å²) in [5.41, 5.74) is 0. The van der Waals surface area contributed by atoms with E-state index < -0.39 is 18.4 Å². The molecule has 0 aromatic carbocycles. The van der Waals surface area contributed by atoms with Crippen LogP contribution in [0.2, 0.25) is 0 Å². The number of esters is 1. The lowest BCUT2D eigenvalue weighted by Gasteiger charge is -2.24. The molecule has 6 nitrogen and oxygen atoms in total. The number of carbonyl (C=O) groups excluding carboxylic acids is 2. The van der Waals surface area contributed by atoms with Crippen LogP contribution in [0.15, 0.2) is 0 Å². The summed E-state index contributed by atoms with van der Waals surface area (Å²) in [7, 11) is 0. The molecule has 0 N–H and O–H groups in total. The first-order valence-corrected chi connectivity index (χ1v) is 6.11. The fraction of sp³-hybridized carbons (Fsp3) is 0.833. The van der Waals surface area contributed by atoms with Crippen molar-refractivity contribution in [1.82, 2.24) is 0 Å². The first kappa shape index (κ1) is 14.8. The number of ether oxygens (including phenoxy) is 4. The van der Waals surface area contributed by atoms with Crippen molar-refractivity contribution < 1.29 is 28.5 Å². The highest BCUT2D eigenvalue weighted by Crippen LogP contribution is 2.14. The van der Waals surface area contributed by atoms with Crippen molar-refractivity contribution in [2.24, 2.45) is 5.92 Å². The third kappa shape index (κ3) is 5.35. The largest absolute Gasteiger partial charge is 0.511 e. The molecule has 0 spiro atoms. The van der Waals surface area contributed by atoms with E-state index in [0.29, 0.717) is 26.1 Å². The molecule has 0 unspecified atom stereocenters. The SMILES string of the molecule is CC(=O)O[C@@H](OC(=O)OC1CCOCC1)C(C)C. The Morgan fingerprint density at radius 1 is 1.17 bits per heavy atom. The quantitative estimate of drug-likeness (QED) is 0.567. The van der Waals surface area contributed by atoms with Gasteiger partial charge in [-0.3, -0.25) is 4.79 Å². The lowest BCUT2D eigenvalue weighted by Crippen LogP contribution is -2.32. The van der Waals surface area contributed by atoms with Crippen LogP contribution in [0.4, 0.5) is 4.79 Å². The van der Waals surface area contributed by atoms with Crippen molar-refractivity contribution in [1.29, 1.82) is 0 Å². The van der Waals surface area contributed by atoms with Crippen molar-refractivity contribution in [2.75, 3.05) is 13.2 Å². The molecule has 6 heteroatoms. The maximum Gasteiger partial charge on any atom is 0.511 e. The van der Waals surface area contributed by atoms with Crippen molar-refractivity contribution >= 4 is 12.1 Å². The molecule has 1 heterocycles. The van der Waals surface area contributed by atoms with Crippen LogP contribution in [-0.4, -0.2) is 37.7 Å². The summed E-state index contributed by atoms with van der Waals surface area (Å²) in [6.45, 7) is 6.00. The molecule has 0 bridgehead atoms. The summed E-state index contributed by atoms with van der Waals surface area (Å²) in [6.07, 6.45) is -0.572. The number of hydrogen-bond donors (Lipinski definition) is 0. The molecule has 0 amide bonds. The Balaban J connectivity index is 2.37. The summed E-state index contributed by atoms with van der Waals surface area (Å²) in [4.78, 5) is 22.4. The highest BCUT2D eigenvalue weighted by Gasteiger charge is 2.25. The van der Waals surface area contributed by atoms with Crippen molar-refractivity contribution in [3.05, 3.63) is 0 Å². The van der Waals surface area contributed by atoms with Gasteiger partial charge >= 0.3 is 12.1 Å². The molecule has 1 aliphatic rings. The summed E-state index contributed by atoms with van der Waals surface area (Å²) in [5.74, 6) is -0.622. The van der Waals surface area contributed by atoms with E-state index in [-0.39, 0.29) is 12.0 Å². The molecule has 0 saturated carbocycles. The van der Waals surface area contributed by atoms with Gasteiger partial charge in [0.25, 0.3) is 6.29 Å². The smallest absolute Gasteiger partial charge is 0.431 e. The predicted molar refractivity (Wildman–Crippen MR) is 61.8 cm³/mol. The van der Waals surface area contributed by atoms with E-state index in [0.717, 1.165) is 0 Å². The van der Waals surface area contributed by atoms with Crippen molar-refractivity contribution in [3.63, 3.8) is 0 Å². The molecule has 1 atom stereocenters. The van der Waals surface area contributed by atoms with Gasteiger partial charge in [0.05, 0.1) is 13.2 Å². The number of rotatable bonds is 4.